The standard InChI is InChI=1S/C9H10N2O2/c1-11-5-4-10-9(11)8-3-2-7(6-12)13-8/h2-5,12H,6H2,1H3. The van der Waals surface area contributed by atoms with Gasteiger partial charge in [-0.2, -0.15) is 0 Å². The van der Waals surface area contributed by atoms with E-state index >= 15 is 0 Å². The molecule has 2 heterocycles. The molecule has 1 N–H and O–H groups in total. The summed E-state index contributed by atoms with van der Waals surface area (Å²) in [5.74, 6) is 1.99. The number of rotatable bonds is 2. The fraction of sp³-hybridized carbons (Fsp3) is 0.222. The Kier molecular flexibility index (Phi) is 1.90. The molecule has 0 atom stereocenters. The van der Waals surface area contributed by atoms with Gasteiger partial charge in [-0.1, -0.05) is 0 Å². The Morgan fingerprint density at radius 1 is 1.54 bits per heavy atom. The molecule has 0 aliphatic rings. The van der Waals surface area contributed by atoms with Crippen molar-refractivity contribution in [2.24, 2.45) is 7.05 Å². The number of furan rings is 1. The van der Waals surface area contributed by atoms with Gasteiger partial charge in [0.1, 0.15) is 12.4 Å². The molecule has 0 spiro atoms. The first kappa shape index (κ1) is 8.07. The Hall–Kier alpha value is -1.55. The highest BCUT2D eigenvalue weighted by atomic mass is 16.4. The zero-order chi connectivity index (χ0) is 9.26. The molecule has 0 aliphatic heterocycles. The van der Waals surface area contributed by atoms with E-state index in [4.69, 9.17) is 9.52 Å². The molecule has 0 aliphatic carbocycles. The normalized spacial score (nSPS) is 10.6. The zero-order valence-electron chi connectivity index (χ0n) is 7.27. The minimum absolute atomic E-state index is 0.0789. The van der Waals surface area contributed by atoms with Gasteiger partial charge < -0.3 is 14.1 Å². The van der Waals surface area contributed by atoms with Crippen molar-refractivity contribution in [2.45, 2.75) is 6.61 Å². The molecular weight excluding hydrogens is 168 g/mol. The monoisotopic (exact) mass is 178 g/mol. The van der Waals surface area contributed by atoms with E-state index in [9.17, 15) is 0 Å². The van der Waals surface area contributed by atoms with Crippen molar-refractivity contribution in [3.8, 4) is 11.6 Å². The van der Waals surface area contributed by atoms with Crippen LogP contribution in [0.3, 0.4) is 0 Å². The van der Waals surface area contributed by atoms with Crippen LogP contribution in [0.5, 0.6) is 0 Å². The number of aliphatic hydroxyl groups is 1. The molecule has 4 nitrogen and oxygen atoms in total. The van der Waals surface area contributed by atoms with Gasteiger partial charge in [0.15, 0.2) is 11.6 Å². The number of hydrogen-bond acceptors (Lipinski definition) is 3. The van der Waals surface area contributed by atoms with E-state index in [2.05, 4.69) is 4.98 Å². The van der Waals surface area contributed by atoms with E-state index < -0.39 is 0 Å². The van der Waals surface area contributed by atoms with Crippen molar-refractivity contribution < 1.29 is 9.52 Å². The van der Waals surface area contributed by atoms with Crippen molar-refractivity contribution in [3.05, 3.63) is 30.3 Å². The molecule has 0 radical (unpaired) electrons. The van der Waals surface area contributed by atoms with E-state index in [1.54, 1.807) is 18.3 Å². The van der Waals surface area contributed by atoms with E-state index in [0.29, 0.717) is 11.5 Å². The largest absolute Gasteiger partial charge is 0.455 e. The molecule has 0 amide bonds. The lowest BCUT2D eigenvalue weighted by atomic mass is 10.4. The van der Waals surface area contributed by atoms with Crippen LogP contribution in [0.2, 0.25) is 0 Å². The third kappa shape index (κ3) is 1.36. The maximum absolute atomic E-state index is 8.80. The van der Waals surface area contributed by atoms with Gasteiger partial charge in [0.25, 0.3) is 0 Å². The first-order valence-corrected chi connectivity index (χ1v) is 3.98. The minimum Gasteiger partial charge on any atom is -0.455 e. The SMILES string of the molecule is Cn1ccnc1-c1ccc(CO)o1. The molecule has 0 saturated carbocycles. The van der Waals surface area contributed by atoms with Crippen molar-refractivity contribution >= 4 is 0 Å². The molecule has 0 bridgehead atoms. The van der Waals surface area contributed by atoms with E-state index in [1.165, 1.54) is 0 Å². The van der Waals surface area contributed by atoms with Crippen LogP contribution >= 0.6 is 0 Å². The molecular formula is C9H10N2O2. The summed E-state index contributed by atoms with van der Waals surface area (Å²) in [6, 6.07) is 3.54. The number of hydrogen-bond donors (Lipinski definition) is 1. The van der Waals surface area contributed by atoms with Crippen LogP contribution in [0, 0.1) is 0 Å². The van der Waals surface area contributed by atoms with E-state index in [1.807, 2.05) is 17.8 Å². The third-order valence-corrected chi connectivity index (χ3v) is 1.86. The minimum atomic E-state index is -0.0789. The summed E-state index contributed by atoms with van der Waals surface area (Å²) in [5, 5.41) is 8.80. The first-order chi connectivity index (χ1) is 6.31. The summed E-state index contributed by atoms with van der Waals surface area (Å²) < 4.78 is 7.19. The van der Waals surface area contributed by atoms with Crippen molar-refractivity contribution in [1.82, 2.24) is 9.55 Å². The van der Waals surface area contributed by atoms with Gasteiger partial charge in [-0.05, 0) is 12.1 Å². The van der Waals surface area contributed by atoms with Crippen LogP contribution in [-0.4, -0.2) is 14.7 Å². The molecule has 2 rings (SSSR count). The molecule has 0 saturated heterocycles. The van der Waals surface area contributed by atoms with Crippen LogP contribution in [-0.2, 0) is 13.7 Å². The predicted molar refractivity (Wildman–Crippen MR) is 46.8 cm³/mol. The Labute approximate surface area is 75.4 Å². The predicted octanol–water partition coefficient (Wildman–Crippen LogP) is 1.17. The van der Waals surface area contributed by atoms with E-state index in [0.717, 1.165) is 5.82 Å². The van der Waals surface area contributed by atoms with Crippen molar-refractivity contribution in [1.29, 1.82) is 0 Å². The van der Waals surface area contributed by atoms with Crippen LogP contribution in [0.25, 0.3) is 11.6 Å². The molecule has 2 aromatic heterocycles. The Morgan fingerprint density at radius 3 is 2.92 bits per heavy atom. The first-order valence-electron chi connectivity index (χ1n) is 3.98. The molecule has 0 aromatic carbocycles. The van der Waals surface area contributed by atoms with Crippen LogP contribution in [0.15, 0.2) is 28.9 Å². The van der Waals surface area contributed by atoms with E-state index in [-0.39, 0.29) is 6.61 Å². The van der Waals surface area contributed by atoms with Crippen LogP contribution in [0.4, 0.5) is 0 Å². The average Bonchev–Trinajstić information content (AvgIpc) is 2.71. The van der Waals surface area contributed by atoms with Gasteiger partial charge in [-0.3, -0.25) is 0 Å². The summed E-state index contributed by atoms with van der Waals surface area (Å²) in [7, 11) is 1.89. The summed E-state index contributed by atoms with van der Waals surface area (Å²) >= 11 is 0. The summed E-state index contributed by atoms with van der Waals surface area (Å²) in [6.07, 6.45) is 3.55. The lowest BCUT2D eigenvalue weighted by Gasteiger charge is -1.95. The highest BCUT2D eigenvalue weighted by Gasteiger charge is 2.07. The average molecular weight is 178 g/mol. The molecule has 0 unspecified atom stereocenters. The maximum Gasteiger partial charge on any atom is 0.175 e. The quantitative estimate of drug-likeness (QED) is 0.751. The van der Waals surface area contributed by atoms with Crippen molar-refractivity contribution in [3.63, 3.8) is 0 Å². The van der Waals surface area contributed by atoms with Gasteiger partial charge in [0, 0.05) is 19.4 Å². The van der Waals surface area contributed by atoms with Gasteiger partial charge in [-0.15, -0.1) is 0 Å². The fourth-order valence-corrected chi connectivity index (χ4v) is 1.19. The second-order valence-corrected chi connectivity index (χ2v) is 2.79. The van der Waals surface area contributed by atoms with Gasteiger partial charge in [0.2, 0.25) is 0 Å². The summed E-state index contributed by atoms with van der Waals surface area (Å²) in [6.45, 7) is -0.0789. The molecule has 2 aromatic rings. The maximum atomic E-state index is 8.80. The highest BCUT2D eigenvalue weighted by molar-refractivity contribution is 5.47. The lowest BCUT2D eigenvalue weighted by molar-refractivity contribution is 0.248. The zero-order valence-corrected chi connectivity index (χ0v) is 7.27. The van der Waals surface area contributed by atoms with Crippen LogP contribution < -0.4 is 0 Å². The highest BCUT2D eigenvalue weighted by Crippen LogP contribution is 2.19. The van der Waals surface area contributed by atoms with Crippen molar-refractivity contribution in [2.75, 3.05) is 0 Å². The number of aryl methyl sites for hydroxylation is 1. The number of aliphatic hydroxyl groups excluding tert-OH is 1. The van der Waals surface area contributed by atoms with Crippen LogP contribution in [0.1, 0.15) is 5.76 Å². The topological polar surface area (TPSA) is 51.2 Å². The summed E-state index contributed by atoms with van der Waals surface area (Å²) in [5.41, 5.74) is 0. The second kappa shape index (κ2) is 3.06. The Balaban J connectivity index is 2.41. The third-order valence-electron chi connectivity index (χ3n) is 1.86. The second-order valence-electron chi connectivity index (χ2n) is 2.79. The fourth-order valence-electron chi connectivity index (χ4n) is 1.19. The molecule has 0 fully saturated rings. The number of nitrogens with zero attached hydrogens (tertiary/aromatic N) is 2. The molecule has 13 heavy (non-hydrogen) atoms. The lowest BCUT2D eigenvalue weighted by Crippen LogP contribution is -1.89. The molecule has 68 valence electrons. The smallest absolute Gasteiger partial charge is 0.175 e. The Morgan fingerprint density at radius 2 is 2.38 bits per heavy atom. The number of imidazole rings is 1. The summed E-state index contributed by atoms with van der Waals surface area (Å²) in [4.78, 5) is 4.12. The Bertz CT molecular complexity index is 403. The van der Waals surface area contributed by atoms with Gasteiger partial charge >= 0.3 is 0 Å². The number of aromatic nitrogens is 2. The van der Waals surface area contributed by atoms with Gasteiger partial charge in [0.05, 0.1) is 0 Å². The molecule has 4 heteroatoms. The van der Waals surface area contributed by atoms with Gasteiger partial charge in [-0.25, -0.2) is 4.98 Å².